The maximum atomic E-state index is 12.5. The van der Waals surface area contributed by atoms with E-state index >= 15 is 0 Å². The minimum absolute atomic E-state index is 0.0273. The van der Waals surface area contributed by atoms with Crippen molar-refractivity contribution in [3.8, 4) is 17.2 Å². The zero-order chi connectivity index (χ0) is 19.8. The van der Waals surface area contributed by atoms with Crippen molar-refractivity contribution in [2.75, 3.05) is 19.5 Å². The first-order chi connectivity index (χ1) is 13.5. The van der Waals surface area contributed by atoms with Crippen LogP contribution in [0.5, 0.6) is 11.5 Å². The van der Waals surface area contributed by atoms with Gasteiger partial charge >= 0.3 is 0 Å². The Balaban J connectivity index is 1.84. The molecule has 0 bridgehead atoms. The van der Waals surface area contributed by atoms with Crippen LogP contribution in [0.1, 0.15) is 34.7 Å². The van der Waals surface area contributed by atoms with E-state index in [1.807, 2.05) is 61.0 Å². The number of nitrogens with one attached hydrogen (secondary N) is 1. The van der Waals surface area contributed by atoms with Gasteiger partial charge in [-0.05, 0) is 43.7 Å². The third-order valence-corrected chi connectivity index (χ3v) is 5.19. The molecule has 144 valence electrons. The van der Waals surface area contributed by atoms with E-state index in [1.165, 1.54) is 5.56 Å². The van der Waals surface area contributed by atoms with E-state index in [0.29, 0.717) is 17.9 Å². The molecule has 4 rings (SSSR count). The lowest BCUT2D eigenvalue weighted by Gasteiger charge is -2.25. The molecule has 1 unspecified atom stereocenters. The summed E-state index contributed by atoms with van der Waals surface area (Å²) >= 11 is 0. The quantitative estimate of drug-likeness (QED) is 0.747. The molecule has 3 aromatic rings. The van der Waals surface area contributed by atoms with Crippen LogP contribution in [0.3, 0.4) is 0 Å². The van der Waals surface area contributed by atoms with Crippen LogP contribution in [0.25, 0.3) is 5.69 Å². The number of hydrogen-bond donors (Lipinski definition) is 1. The number of nitrogens with zero attached hydrogens (tertiary/aromatic N) is 2. The lowest BCUT2D eigenvalue weighted by Crippen LogP contribution is -2.25. The Morgan fingerprint density at radius 1 is 1.04 bits per heavy atom. The van der Waals surface area contributed by atoms with Gasteiger partial charge in [0.15, 0.2) is 11.5 Å². The van der Waals surface area contributed by atoms with Gasteiger partial charge in [-0.25, -0.2) is 4.68 Å². The number of anilines is 1. The monoisotopic (exact) mass is 377 g/mol. The molecule has 28 heavy (non-hydrogen) atoms. The SMILES string of the molecule is COc1ccc(C2CC(=O)Nc3c2c(C)nn3-c2ccc(C)cc2)cc1OC. The summed E-state index contributed by atoms with van der Waals surface area (Å²) in [6.07, 6.45) is 0.364. The molecule has 1 N–H and O–H groups in total. The Kier molecular flexibility index (Phi) is 4.55. The number of rotatable bonds is 4. The van der Waals surface area contributed by atoms with Gasteiger partial charge in [-0.1, -0.05) is 23.8 Å². The van der Waals surface area contributed by atoms with Gasteiger partial charge in [-0.3, -0.25) is 4.79 Å². The fourth-order valence-corrected chi connectivity index (χ4v) is 3.77. The van der Waals surface area contributed by atoms with Gasteiger partial charge in [0.05, 0.1) is 25.6 Å². The molecule has 1 aliphatic heterocycles. The Bertz CT molecular complexity index is 1040. The van der Waals surface area contributed by atoms with Gasteiger partial charge in [-0.15, -0.1) is 0 Å². The molecule has 0 saturated carbocycles. The van der Waals surface area contributed by atoms with Crippen molar-refractivity contribution < 1.29 is 14.3 Å². The van der Waals surface area contributed by atoms with Crippen molar-refractivity contribution >= 4 is 11.7 Å². The number of ether oxygens (including phenoxy) is 2. The third-order valence-electron chi connectivity index (χ3n) is 5.19. The van der Waals surface area contributed by atoms with Crippen molar-refractivity contribution in [3.63, 3.8) is 0 Å². The van der Waals surface area contributed by atoms with Crippen LogP contribution >= 0.6 is 0 Å². The average molecular weight is 377 g/mol. The summed E-state index contributed by atoms with van der Waals surface area (Å²) in [5.74, 6) is 1.93. The third kappa shape index (κ3) is 3.01. The van der Waals surface area contributed by atoms with Gasteiger partial charge in [0.1, 0.15) is 5.82 Å². The fourth-order valence-electron chi connectivity index (χ4n) is 3.77. The van der Waals surface area contributed by atoms with Crippen molar-refractivity contribution in [1.29, 1.82) is 0 Å². The van der Waals surface area contributed by atoms with E-state index in [0.717, 1.165) is 28.3 Å². The molecule has 1 amide bonds. The number of amides is 1. The zero-order valence-corrected chi connectivity index (χ0v) is 16.4. The van der Waals surface area contributed by atoms with Gasteiger partial charge in [0.25, 0.3) is 0 Å². The Labute approximate surface area is 164 Å². The van der Waals surface area contributed by atoms with Crippen LogP contribution < -0.4 is 14.8 Å². The maximum absolute atomic E-state index is 12.5. The van der Waals surface area contributed by atoms with Crippen LogP contribution in [-0.2, 0) is 4.79 Å². The number of carbonyl (C=O) groups is 1. The maximum Gasteiger partial charge on any atom is 0.226 e. The second kappa shape index (κ2) is 7.03. The number of carbonyl (C=O) groups excluding carboxylic acids is 1. The standard InChI is InChI=1S/C22H23N3O3/c1-13-5-8-16(9-6-13)25-22-21(14(2)24-25)17(12-20(26)23-22)15-7-10-18(27-3)19(11-15)28-4/h5-11,17H,12H2,1-4H3,(H,23,26). The summed E-state index contributed by atoms with van der Waals surface area (Å²) in [7, 11) is 3.22. The minimum Gasteiger partial charge on any atom is -0.493 e. The molecule has 1 aromatic heterocycles. The van der Waals surface area contributed by atoms with Crippen LogP contribution in [0.2, 0.25) is 0 Å². The number of hydrogen-bond acceptors (Lipinski definition) is 4. The second-order valence-electron chi connectivity index (χ2n) is 7.01. The topological polar surface area (TPSA) is 65.4 Å². The first-order valence-electron chi connectivity index (χ1n) is 9.20. The van der Waals surface area contributed by atoms with E-state index < -0.39 is 0 Å². The van der Waals surface area contributed by atoms with Crippen LogP contribution in [0, 0.1) is 13.8 Å². The predicted octanol–water partition coefficient (Wildman–Crippen LogP) is 3.98. The van der Waals surface area contributed by atoms with Crippen molar-refractivity contribution in [2.24, 2.45) is 0 Å². The summed E-state index contributed by atoms with van der Waals surface area (Å²) in [6.45, 7) is 4.03. The molecule has 0 radical (unpaired) electrons. The lowest BCUT2D eigenvalue weighted by atomic mass is 9.85. The van der Waals surface area contributed by atoms with E-state index in [2.05, 4.69) is 5.32 Å². The fraction of sp³-hybridized carbons (Fsp3) is 0.273. The molecule has 0 spiro atoms. The molecule has 2 heterocycles. The van der Waals surface area contributed by atoms with E-state index in [4.69, 9.17) is 14.6 Å². The molecule has 2 aromatic carbocycles. The highest BCUT2D eigenvalue weighted by Crippen LogP contribution is 2.42. The summed E-state index contributed by atoms with van der Waals surface area (Å²) < 4.78 is 12.6. The average Bonchev–Trinajstić information content (AvgIpc) is 3.03. The van der Waals surface area contributed by atoms with Crippen LogP contribution in [-0.4, -0.2) is 29.9 Å². The normalized spacial score (nSPS) is 15.7. The highest BCUT2D eigenvalue weighted by atomic mass is 16.5. The molecule has 0 aliphatic carbocycles. The molecule has 0 fully saturated rings. The molecular formula is C22H23N3O3. The molecule has 6 nitrogen and oxygen atoms in total. The number of methoxy groups -OCH3 is 2. The Morgan fingerprint density at radius 2 is 1.75 bits per heavy atom. The Hall–Kier alpha value is -3.28. The van der Waals surface area contributed by atoms with Gasteiger partial charge in [0.2, 0.25) is 5.91 Å². The Morgan fingerprint density at radius 3 is 2.43 bits per heavy atom. The largest absolute Gasteiger partial charge is 0.493 e. The van der Waals surface area contributed by atoms with E-state index in [-0.39, 0.29) is 11.8 Å². The molecular weight excluding hydrogens is 354 g/mol. The van der Waals surface area contributed by atoms with Crippen molar-refractivity contribution in [1.82, 2.24) is 9.78 Å². The van der Waals surface area contributed by atoms with Gasteiger partial charge in [0, 0.05) is 17.9 Å². The highest BCUT2D eigenvalue weighted by Gasteiger charge is 2.33. The predicted molar refractivity (Wildman–Crippen MR) is 108 cm³/mol. The summed E-state index contributed by atoms with van der Waals surface area (Å²) in [5.41, 5.74) is 5.03. The number of aryl methyl sites for hydroxylation is 2. The van der Waals surface area contributed by atoms with Gasteiger partial charge in [-0.2, -0.15) is 5.10 Å². The summed E-state index contributed by atoms with van der Waals surface area (Å²) in [4.78, 5) is 12.5. The minimum atomic E-state index is -0.0947. The molecule has 1 aliphatic rings. The van der Waals surface area contributed by atoms with Gasteiger partial charge < -0.3 is 14.8 Å². The number of fused-ring (bicyclic) bond motifs is 1. The molecule has 6 heteroatoms. The highest BCUT2D eigenvalue weighted by molar-refractivity contribution is 5.95. The second-order valence-corrected chi connectivity index (χ2v) is 7.01. The van der Waals surface area contributed by atoms with E-state index in [9.17, 15) is 4.79 Å². The first-order valence-corrected chi connectivity index (χ1v) is 9.20. The summed E-state index contributed by atoms with van der Waals surface area (Å²) in [6, 6.07) is 13.9. The smallest absolute Gasteiger partial charge is 0.226 e. The molecule has 1 atom stereocenters. The van der Waals surface area contributed by atoms with Crippen LogP contribution in [0.4, 0.5) is 5.82 Å². The van der Waals surface area contributed by atoms with E-state index in [1.54, 1.807) is 14.2 Å². The number of aromatic nitrogens is 2. The van der Waals surface area contributed by atoms with Crippen LogP contribution in [0.15, 0.2) is 42.5 Å². The summed E-state index contributed by atoms with van der Waals surface area (Å²) in [5, 5.41) is 7.74. The van der Waals surface area contributed by atoms with Crippen molar-refractivity contribution in [2.45, 2.75) is 26.2 Å². The lowest BCUT2D eigenvalue weighted by molar-refractivity contribution is -0.116. The number of benzene rings is 2. The first kappa shape index (κ1) is 18.1. The zero-order valence-electron chi connectivity index (χ0n) is 16.4. The molecule has 0 saturated heterocycles. The van der Waals surface area contributed by atoms with Crippen molar-refractivity contribution in [3.05, 3.63) is 64.8 Å².